The zero-order valence-electron chi connectivity index (χ0n) is 11.2. The Morgan fingerprint density at radius 3 is 2.85 bits per heavy atom. The summed E-state index contributed by atoms with van der Waals surface area (Å²) in [6.45, 7) is 3.26. The second-order valence-corrected chi connectivity index (χ2v) is 8.24. The van der Waals surface area contributed by atoms with Crippen molar-refractivity contribution in [3.8, 4) is 10.8 Å². The van der Waals surface area contributed by atoms with Gasteiger partial charge in [0.05, 0.1) is 10.9 Å². The van der Waals surface area contributed by atoms with Gasteiger partial charge in [0.25, 0.3) is 5.89 Å². The van der Waals surface area contributed by atoms with E-state index < -0.39 is 15.3 Å². The van der Waals surface area contributed by atoms with Gasteiger partial charge in [-0.1, -0.05) is 5.16 Å². The van der Waals surface area contributed by atoms with E-state index in [-0.39, 0.29) is 0 Å². The third-order valence-corrected chi connectivity index (χ3v) is 5.76. The van der Waals surface area contributed by atoms with E-state index in [1.54, 1.807) is 25.3 Å². The van der Waals surface area contributed by atoms with Gasteiger partial charge in [-0.15, -0.1) is 11.3 Å². The largest absolute Gasteiger partial charge is 0.333 e. The molecule has 1 N–H and O–H groups in total. The molecule has 0 spiro atoms. The SMILES string of the molecule is CC(C)S(=O)(=O)Nc1ccsc1-c1nc(C2CC2)no1. The van der Waals surface area contributed by atoms with Gasteiger partial charge in [0, 0.05) is 5.92 Å². The van der Waals surface area contributed by atoms with Crippen molar-refractivity contribution >= 4 is 27.0 Å². The van der Waals surface area contributed by atoms with Gasteiger partial charge in [-0.3, -0.25) is 4.72 Å². The third-order valence-electron chi connectivity index (χ3n) is 3.12. The van der Waals surface area contributed by atoms with Gasteiger partial charge >= 0.3 is 0 Å². The Morgan fingerprint density at radius 2 is 2.20 bits per heavy atom. The Labute approximate surface area is 121 Å². The number of hydrogen-bond donors (Lipinski definition) is 1. The van der Waals surface area contributed by atoms with E-state index in [9.17, 15) is 8.42 Å². The van der Waals surface area contributed by atoms with Crippen LogP contribution in [0.15, 0.2) is 16.0 Å². The molecule has 20 heavy (non-hydrogen) atoms. The smallest absolute Gasteiger partial charge is 0.270 e. The predicted octanol–water partition coefficient (Wildman–Crippen LogP) is 2.83. The molecule has 1 aliphatic carbocycles. The van der Waals surface area contributed by atoms with Crippen LogP contribution in [0.3, 0.4) is 0 Å². The van der Waals surface area contributed by atoms with Crippen molar-refractivity contribution in [3.63, 3.8) is 0 Å². The Balaban J connectivity index is 1.89. The Kier molecular flexibility index (Phi) is 3.29. The molecule has 0 aromatic carbocycles. The van der Waals surface area contributed by atoms with Crippen LogP contribution >= 0.6 is 11.3 Å². The maximum atomic E-state index is 11.9. The highest BCUT2D eigenvalue weighted by atomic mass is 32.2. The molecule has 0 saturated heterocycles. The van der Waals surface area contributed by atoms with Crippen LogP contribution in [0.4, 0.5) is 5.69 Å². The Hall–Kier alpha value is -1.41. The summed E-state index contributed by atoms with van der Waals surface area (Å²) in [5.74, 6) is 1.50. The van der Waals surface area contributed by atoms with Gasteiger partial charge in [0.1, 0.15) is 4.88 Å². The first-order chi connectivity index (χ1) is 9.47. The summed E-state index contributed by atoms with van der Waals surface area (Å²) in [7, 11) is -3.38. The second kappa shape index (κ2) is 4.85. The minimum Gasteiger partial charge on any atom is -0.333 e. The summed E-state index contributed by atoms with van der Waals surface area (Å²) in [6, 6.07) is 1.71. The minimum absolute atomic E-state index is 0.378. The molecule has 1 fully saturated rings. The van der Waals surface area contributed by atoms with E-state index in [1.807, 2.05) is 0 Å². The second-order valence-electron chi connectivity index (χ2n) is 5.09. The maximum absolute atomic E-state index is 11.9. The molecule has 8 heteroatoms. The van der Waals surface area contributed by atoms with Crippen LogP contribution in [-0.2, 0) is 10.0 Å². The number of rotatable bonds is 5. The van der Waals surface area contributed by atoms with Crippen molar-refractivity contribution in [1.82, 2.24) is 10.1 Å². The molecule has 0 amide bonds. The van der Waals surface area contributed by atoms with Crippen molar-refractivity contribution in [2.24, 2.45) is 0 Å². The molecule has 0 unspecified atom stereocenters. The van der Waals surface area contributed by atoms with E-state index in [4.69, 9.17) is 4.52 Å². The molecule has 0 radical (unpaired) electrons. The molecule has 0 bridgehead atoms. The average Bonchev–Trinajstić information content (AvgIpc) is 2.94. The molecular weight excluding hydrogens is 298 g/mol. The fourth-order valence-corrected chi connectivity index (χ4v) is 3.21. The van der Waals surface area contributed by atoms with Crippen LogP contribution in [0.1, 0.15) is 38.4 Å². The van der Waals surface area contributed by atoms with Crippen molar-refractivity contribution in [2.75, 3.05) is 4.72 Å². The first kappa shape index (κ1) is 13.6. The molecule has 0 aliphatic heterocycles. The molecule has 2 aromatic heterocycles. The fourth-order valence-electron chi connectivity index (χ4n) is 1.66. The quantitative estimate of drug-likeness (QED) is 0.917. The number of nitrogens with zero attached hydrogens (tertiary/aromatic N) is 2. The van der Waals surface area contributed by atoms with E-state index in [0.717, 1.165) is 12.8 Å². The zero-order chi connectivity index (χ0) is 14.3. The van der Waals surface area contributed by atoms with Crippen molar-refractivity contribution in [2.45, 2.75) is 37.9 Å². The predicted molar refractivity (Wildman–Crippen MR) is 77.3 cm³/mol. The molecule has 1 aliphatic rings. The zero-order valence-corrected chi connectivity index (χ0v) is 12.8. The highest BCUT2D eigenvalue weighted by Crippen LogP contribution is 2.40. The van der Waals surface area contributed by atoms with Crippen LogP contribution in [0.5, 0.6) is 0 Å². The van der Waals surface area contributed by atoms with E-state index in [0.29, 0.717) is 28.2 Å². The molecular formula is C12H15N3O3S2. The average molecular weight is 313 g/mol. The summed E-state index contributed by atoms with van der Waals surface area (Å²) in [6.07, 6.45) is 2.19. The van der Waals surface area contributed by atoms with Gasteiger partial charge < -0.3 is 4.52 Å². The normalized spacial score (nSPS) is 15.8. The van der Waals surface area contributed by atoms with Crippen molar-refractivity contribution in [1.29, 1.82) is 0 Å². The Morgan fingerprint density at radius 1 is 1.45 bits per heavy atom. The van der Waals surface area contributed by atoms with Crippen molar-refractivity contribution in [3.05, 3.63) is 17.3 Å². The van der Waals surface area contributed by atoms with Crippen LogP contribution in [0.2, 0.25) is 0 Å². The summed E-state index contributed by atoms with van der Waals surface area (Å²) >= 11 is 1.38. The first-order valence-corrected chi connectivity index (χ1v) is 8.83. The molecule has 1 saturated carbocycles. The van der Waals surface area contributed by atoms with Gasteiger partial charge in [0.2, 0.25) is 10.0 Å². The molecule has 6 nitrogen and oxygen atoms in total. The molecule has 2 heterocycles. The number of sulfonamides is 1. The summed E-state index contributed by atoms with van der Waals surface area (Å²) < 4.78 is 31.7. The van der Waals surface area contributed by atoms with E-state index in [2.05, 4.69) is 14.9 Å². The number of aromatic nitrogens is 2. The highest BCUT2D eigenvalue weighted by molar-refractivity contribution is 7.93. The lowest BCUT2D eigenvalue weighted by molar-refractivity contribution is 0.423. The maximum Gasteiger partial charge on any atom is 0.270 e. The van der Waals surface area contributed by atoms with Gasteiger partial charge in [-0.05, 0) is 38.1 Å². The first-order valence-electron chi connectivity index (χ1n) is 6.40. The third kappa shape index (κ3) is 2.57. The topological polar surface area (TPSA) is 85.1 Å². The standard InChI is InChI=1S/C12H15N3O3S2/c1-7(2)20(16,17)15-9-5-6-19-10(9)12-13-11(14-18-12)8-3-4-8/h5-8,15H,3-4H2,1-2H3. The monoisotopic (exact) mass is 313 g/mol. The summed E-state index contributed by atoms with van der Waals surface area (Å²) in [4.78, 5) is 5.01. The lowest BCUT2D eigenvalue weighted by atomic mass is 10.4. The number of nitrogens with one attached hydrogen (secondary N) is 1. The van der Waals surface area contributed by atoms with Crippen molar-refractivity contribution < 1.29 is 12.9 Å². The van der Waals surface area contributed by atoms with E-state index >= 15 is 0 Å². The molecule has 0 atom stereocenters. The lowest BCUT2D eigenvalue weighted by Crippen LogP contribution is -2.22. The van der Waals surface area contributed by atoms with Gasteiger partial charge in [-0.25, -0.2) is 8.42 Å². The van der Waals surface area contributed by atoms with Crippen LogP contribution in [0.25, 0.3) is 10.8 Å². The Bertz CT molecular complexity index is 714. The number of thiophene rings is 1. The molecule has 108 valence electrons. The fraction of sp³-hybridized carbons (Fsp3) is 0.500. The molecule has 3 rings (SSSR count). The number of anilines is 1. The number of hydrogen-bond acceptors (Lipinski definition) is 6. The minimum atomic E-state index is -3.38. The van der Waals surface area contributed by atoms with E-state index in [1.165, 1.54) is 11.3 Å². The van der Waals surface area contributed by atoms with Crippen LogP contribution < -0.4 is 4.72 Å². The van der Waals surface area contributed by atoms with Crippen LogP contribution in [-0.4, -0.2) is 23.8 Å². The molecule has 2 aromatic rings. The van der Waals surface area contributed by atoms with Crippen LogP contribution in [0, 0.1) is 0 Å². The van der Waals surface area contributed by atoms with Gasteiger partial charge in [0.15, 0.2) is 5.82 Å². The lowest BCUT2D eigenvalue weighted by Gasteiger charge is -2.09. The highest BCUT2D eigenvalue weighted by Gasteiger charge is 2.30. The van der Waals surface area contributed by atoms with Gasteiger partial charge in [-0.2, -0.15) is 4.98 Å². The summed E-state index contributed by atoms with van der Waals surface area (Å²) in [5, 5.41) is 5.25. The summed E-state index contributed by atoms with van der Waals surface area (Å²) in [5.41, 5.74) is 0.495.